The molecule has 1 aromatic heterocycles. The van der Waals surface area contributed by atoms with Gasteiger partial charge in [-0.25, -0.2) is 4.68 Å². The second-order valence-electron chi connectivity index (χ2n) is 5.91. The van der Waals surface area contributed by atoms with Crippen molar-refractivity contribution in [1.82, 2.24) is 14.7 Å². The fourth-order valence-electron chi connectivity index (χ4n) is 2.37. The molecular weight excluding hydrogens is 278 g/mol. The predicted molar refractivity (Wildman–Crippen MR) is 83.7 cm³/mol. The second-order valence-corrected chi connectivity index (χ2v) is 5.91. The van der Waals surface area contributed by atoms with E-state index in [0.29, 0.717) is 18.3 Å². The van der Waals surface area contributed by atoms with E-state index in [4.69, 9.17) is 4.74 Å². The number of hydrogen-bond acceptors (Lipinski definition) is 3. The fourth-order valence-corrected chi connectivity index (χ4v) is 2.37. The zero-order chi connectivity index (χ0) is 15.5. The summed E-state index contributed by atoms with van der Waals surface area (Å²) in [4.78, 5) is 14.0. The Labute approximate surface area is 130 Å². The van der Waals surface area contributed by atoms with E-state index in [2.05, 4.69) is 5.10 Å². The third-order valence-corrected chi connectivity index (χ3v) is 3.88. The molecule has 1 heterocycles. The van der Waals surface area contributed by atoms with Gasteiger partial charge in [0.2, 0.25) is 0 Å². The fraction of sp³-hybridized carbons (Fsp3) is 0.412. The second kappa shape index (κ2) is 6.22. The van der Waals surface area contributed by atoms with E-state index in [1.165, 1.54) is 12.8 Å². The first-order chi connectivity index (χ1) is 10.6. The molecule has 0 unspecified atom stereocenters. The molecular formula is C17H21N3O2. The normalized spacial score (nSPS) is 13.9. The smallest absolute Gasteiger partial charge is 0.274 e. The summed E-state index contributed by atoms with van der Waals surface area (Å²) in [7, 11) is 1.84. The molecule has 1 aromatic carbocycles. The van der Waals surface area contributed by atoms with E-state index < -0.39 is 0 Å². The zero-order valence-corrected chi connectivity index (χ0v) is 13.0. The molecule has 116 valence electrons. The monoisotopic (exact) mass is 299 g/mol. The lowest BCUT2D eigenvalue weighted by Gasteiger charge is -2.15. The van der Waals surface area contributed by atoms with E-state index in [1.807, 2.05) is 38.2 Å². The number of aromatic nitrogens is 2. The number of carbonyl (C=O) groups excluding carboxylic acids is 1. The van der Waals surface area contributed by atoms with Gasteiger partial charge in [-0.05, 0) is 43.4 Å². The minimum absolute atomic E-state index is 0.0264. The number of benzene rings is 1. The topological polar surface area (TPSA) is 47.4 Å². The summed E-state index contributed by atoms with van der Waals surface area (Å²) < 4.78 is 7.37. The van der Waals surface area contributed by atoms with Crippen LogP contribution in [0.4, 0.5) is 0 Å². The quantitative estimate of drug-likeness (QED) is 0.824. The Hall–Kier alpha value is -2.30. The summed E-state index contributed by atoms with van der Waals surface area (Å²) in [5, 5.41) is 4.30. The number of hydrogen-bond donors (Lipinski definition) is 0. The minimum atomic E-state index is -0.0264. The molecule has 5 nitrogen and oxygen atoms in total. The number of para-hydroxylation sites is 1. The summed E-state index contributed by atoms with van der Waals surface area (Å²) in [5.74, 6) is 1.48. The summed E-state index contributed by atoms with van der Waals surface area (Å²) in [5.41, 5.74) is 1.55. The standard InChI is InChI=1S/C17H21N3O2/c1-13-5-3-4-6-16(13)22-12-20-10-9-15(18-20)17(21)19(2)11-14-7-8-14/h3-6,9-10,14H,7-8,11-12H2,1-2H3. The number of nitrogens with zero attached hydrogens (tertiary/aromatic N) is 3. The van der Waals surface area contributed by atoms with Crippen LogP contribution in [-0.2, 0) is 6.73 Å². The molecule has 1 aliphatic carbocycles. The van der Waals surface area contributed by atoms with Crippen molar-refractivity contribution in [2.75, 3.05) is 13.6 Å². The van der Waals surface area contributed by atoms with E-state index >= 15 is 0 Å². The Morgan fingerprint density at radius 3 is 2.86 bits per heavy atom. The van der Waals surface area contributed by atoms with Crippen LogP contribution < -0.4 is 4.74 Å². The highest BCUT2D eigenvalue weighted by Gasteiger charge is 2.26. The summed E-state index contributed by atoms with van der Waals surface area (Å²) >= 11 is 0. The van der Waals surface area contributed by atoms with Gasteiger partial charge in [-0.2, -0.15) is 5.10 Å². The van der Waals surface area contributed by atoms with Crippen LogP contribution in [0.2, 0.25) is 0 Å². The van der Waals surface area contributed by atoms with Crippen LogP contribution in [0.3, 0.4) is 0 Å². The highest BCUT2D eigenvalue weighted by Crippen LogP contribution is 2.29. The van der Waals surface area contributed by atoms with Crippen molar-refractivity contribution in [3.63, 3.8) is 0 Å². The largest absolute Gasteiger partial charge is 0.471 e. The van der Waals surface area contributed by atoms with Gasteiger partial charge in [0.05, 0.1) is 0 Å². The van der Waals surface area contributed by atoms with Crippen molar-refractivity contribution >= 4 is 5.91 Å². The van der Waals surface area contributed by atoms with Gasteiger partial charge in [-0.3, -0.25) is 4.79 Å². The predicted octanol–water partition coefficient (Wildman–Crippen LogP) is 2.71. The van der Waals surface area contributed by atoms with Crippen molar-refractivity contribution in [2.45, 2.75) is 26.5 Å². The molecule has 0 atom stereocenters. The highest BCUT2D eigenvalue weighted by atomic mass is 16.5. The van der Waals surface area contributed by atoms with Crippen LogP contribution in [-0.4, -0.2) is 34.2 Å². The number of aryl methyl sites for hydroxylation is 1. The Morgan fingerprint density at radius 2 is 2.14 bits per heavy atom. The molecule has 0 bridgehead atoms. The third kappa shape index (κ3) is 3.47. The lowest BCUT2D eigenvalue weighted by molar-refractivity contribution is 0.0780. The van der Waals surface area contributed by atoms with Crippen LogP contribution in [0.1, 0.15) is 28.9 Å². The van der Waals surface area contributed by atoms with Crippen LogP contribution >= 0.6 is 0 Å². The Bertz CT molecular complexity index is 661. The Balaban J connectivity index is 1.58. The van der Waals surface area contributed by atoms with E-state index in [-0.39, 0.29) is 5.91 Å². The van der Waals surface area contributed by atoms with E-state index in [9.17, 15) is 4.79 Å². The molecule has 22 heavy (non-hydrogen) atoms. The van der Waals surface area contributed by atoms with Crippen LogP contribution in [0.5, 0.6) is 5.75 Å². The lowest BCUT2D eigenvalue weighted by atomic mass is 10.2. The summed E-state index contributed by atoms with van der Waals surface area (Å²) in [6.07, 6.45) is 4.24. The molecule has 5 heteroatoms. The van der Waals surface area contributed by atoms with Gasteiger partial charge in [0.15, 0.2) is 6.73 Å². The maximum Gasteiger partial charge on any atom is 0.274 e. The average molecular weight is 299 g/mol. The highest BCUT2D eigenvalue weighted by molar-refractivity contribution is 5.92. The molecule has 3 rings (SSSR count). The van der Waals surface area contributed by atoms with Crippen LogP contribution in [0.25, 0.3) is 0 Å². The van der Waals surface area contributed by atoms with E-state index in [0.717, 1.165) is 17.9 Å². The van der Waals surface area contributed by atoms with Gasteiger partial charge < -0.3 is 9.64 Å². The third-order valence-electron chi connectivity index (χ3n) is 3.88. The first-order valence-electron chi connectivity index (χ1n) is 7.61. The van der Waals surface area contributed by atoms with Crippen LogP contribution in [0.15, 0.2) is 36.5 Å². The van der Waals surface area contributed by atoms with E-state index in [1.54, 1.807) is 21.8 Å². The molecule has 1 fully saturated rings. The van der Waals surface area contributed by atoms with Gasteiger partial charge in [-0.15, -0.1) is 0 Å². The molecule has 1 aliphatic rings. The van der Waals surface area contributed by atoms with Crippen molar-refractivity contribution in [3.8, 4) is 5.75 Å². The molecule has 0 aliphatic heterocycles. The lowest BCUT2D eigenvalue weighted by Crippen LogP contribution is -2.29. The summed E-state index contributed by atoms with van der Waals surface area (Å²) in [6.45, 7) is 3.12. The maximum atomic E-state index is 12.3. The molecule has 0 N–H and O–H groups in total. The van der Waals surface area contributed by atoms with Gasteiger partial charge >= 0.3 is 0 Å². The number of ether oxygens (including phenoxy) is 1. The first-order valence-corrected chi connectivity index (χ1v) is 7.61. The number of rotatable bonds is 6. The molecule has 1 amide bonds. The van der Waals surface area contributed by atoms with Crippen molar-refractivity contribution in [1.29, 1.82) is 0 Å². The number of amides is 1. The van der Waals surface area contributed by atoms with Crippen molar-refractivity contribution < 1.29 is 9.53 Å². The Morgan fingerprint density at radius 1 is 1.36 bits per heavy atom. The molecule has 1 saturated carbocycles. The molecule has 0 spiro atoms. The maximum absolute atomic E-state index is 12.3. The number of carbonyl (C=O) groups is 1. The van der Waals surface area contributed by atoms with Gasteiger partial charge in [0.25, 0.3) is 5.91 Å². The average Bonchev–Trinajstić information content (AvgIpc) is 3.20. The molecule has 0 radical (unpaired) electrons. The van der Waals surface area contributed by atoms with Crippen molar-refractivity contribution in [3.05, 3.63) is 47.8 Å². The molecule has 0 saturated heterocycles. The SMILES string of the molecule is Cc1ccccc1OCn1ccc(C(=O)N(C)CC2CC2)n1. The van der Waals surface area contributed by atoms with Gasteiger partial charge in [0, 0.05) is 19.8 Å². The van der Waals surface area contributed by atoms with Crippen LogP contribution in [0, 0.1) is 12.8 Å². The minimum Gasteiger partial charge on any atom is -0.471 e. The van der Waals surface area contributed by atoms with Crippen molar-refractivity contribution in [2.24, 2.45) is 5.92 Å². The Kier molecular flexibility index (Phi) is 4.13. The van der Waals surface area contributed by atoms with Gasteiger partial charge in [0.1, 0.15) is 11.4 Å². The molecule has 2 aromatic rings. The summed E-state index contributed by atoms with van der Waals surface area (Å²) in [6, 6.07) is 9.58. The zero-order valence-electron chi connectivity index (χ0n) is 13.0. The first kappa shape index (κ1) is 14.6. The van der Waals surface area contributed by atoms with Gasteiger partial charge in [-0.1, -0.05) is 18.2 Å².